The van der Waals surface area contributed by atoms with Gasteiger partial charge in [0.05, 0.1) is 0 Å². The number of aryl methyl sites for hydroxylation is 3. The summed E-state index contributed by atoms with van der Waals surface area (Å²) >= 11 is 1.72. The highest BCUT2D eigenvalue weighted by Crippen LogP contribution is 2.31. The second kappa shape index (κ2) is 9.22. The van der Waals surface area contributed by atoms with Crippen LogP contribution >= 0.6 is 11.8 Å². The molecule has 6 heteroatoms. The number of H-pyrrole nitrogens is 1. The van der Waals surface area contributed by atoms with Crippen LogP contribution in [0.15, 0.2) is 28.1 Å². The monoisotopic (exact) mass is 392 g/mol. The molecular formula is C20H32N2O2SSi. The molecule has 1 aromatic carbocycles. The summed E-state index contributed by atoms with van der Waals surface area (Å²) in [6.45, 7) is 15.5. The quantitative estimate of drug-likeness (QED) is 0.430. The van der Waals surface area contributed by atoms with E-state index in [1.54, 1.807) is 11.8 Å². The van der Waals surface area contributed by atoms with Gasteiger partial charge in [-0.2, -0.15) is 0 Å². The molecule has 0 aliphatic heterocycles. The second-order valence-electron chi connectivity index (χ2n) is 7.63. The van der Waals surface area contributed by atoms with Gasteiger partial charge >= 0.3 is 0 Å². The number of benzene rings is 1. The maximum absolute atomic E-state index is 6.06. The minimum Gasteiger partial charge on any atom is -0.393 e. The fourth-order valence-electron chi connectivity index (χ4n) is 2.74. The molecule has 26 heavy (non-hydrogen) atoms. The van der Waals surface area contributed by atoms with Gasteiger partial charge in [0.2, 0.25) is 0 Å². The van der Waals surface area contributed by atoms with Crippen LogP contribution in [0.4, 0.5) is 0 Å². The van der Waals surface area contributed by atoms with Crippen molar-refractivity contribution in [3.63, 3.8) is 0 Å². The van der Waals surface area contributed by atoms with Gasteiger partial charge in [0.15, 0.2) is 8.32 Å². The van der Waals surface area contributed by atoms with Crippen molar-refractivity contribution in [1.82, 2.24) is 9.97 Å². The minimum atomic E-state index is -1.61. The van der Waals surface area contributed by atoms with Crippen molar-refractivity contribution in [2.45, 2.75) is 83.0 Å². The molecule has 0 fully saturated rings. The number of nitrogens with zero attached hydrogens (tertiary/aromatic N) is 1. The third kappa shape index (κ3) is 6.58. The highest BCUT2D eigenvalue weighted by Gasteiger charge is 2.21. The zero-order valence-electron chi connectivity index (χ0n) is 17.1. The molecule has 144 valence electrons. The Morgan fingerprint density at radius 1 is 1.12 bits per heavy atom. The van der Waals surface area contributed by atoms with E-state index in [1.807, 2.05) is 0 Å². The summed E-state index contributed by atoms with van der Waals surface area (Å²) in [6.07, 6.45) is 1.60. The Morgan fingerprint density at radius 3 is 2.31 bits per heavy atom. The Labute approximate surface area is 163 Å². The van der Waals surface area contributed by atoms with Gasteiger partial charge in [-0.25, -0.2) is 4.98 Å². The molecule has 2 aromatic rings. The summed E-state index contributed by atoms with van der Waals surface area (Å²) in [5.41, 5.74) is 3.71. The van der Waals surface area contributed by atoms with Gasteiger partial charge in [0.1, 0.15) is 23.7 Å². The lowest BCUT2D eigenvalue weighted by molar-refractivity contribution is -0.0976. The lowest BCUT2D eigenvalue weighted by atomic mass is 10.2. The molecule has 1 unspecified atom stereocenters. The third-order valence-electron chi connectivity index (χ3n) is 3.78. The first-order valence-corrected chi connectivity index (χ1v) is 13.6. The van der Waals surface area contributed by atoms with Gasteiger partial charge in [-0.1, -0.05) is 31.7 Å². The van der Waals surface area contributed by atoms with Gasteiger partial charge in [-0.3, -0.25) is 0 Å². The van der Waals surface area contributed by atoms with Crippen molar-refractivity contribution in [3.8, 4) is 0 Å². The van der Waals surface area contributed by atoms with Crippen molar-refractivity contribution >= 4 is 20.1 Å². The Hall–Kier alpha value is -1.08. The molecule has 1 heterocycles. The highest BCUT2D eigenvalue weighted by atomic mass is 32.2. The summed E-state index contributed by atoms with van der Waals surface area (Å²) in [6, 6.07) is 6.60. The molecule has 0 radical (unpaired) electrons. The van der Waals surface area contributed by atoms with Crippen molar-refractivity contribution in [1.29, 1.82) is 0 Å². The van der Waals surface area contributed by atoms with Crippen LogP contribution in [0.2, 0.25) is 19.6 Å². The predicted molar refractivity (Wildman–Crippen MR) is 111 cm³/mol. The van der Waals surface area contributed by atoms with Gasteiger partial charge < -0.3 is 14.1 Å². The fraction of sp³-hybridized carbons (Fsp3) is 0.550. The Kier molecular flexibility index (Phi) is 7.52. The zero-order valence-corrected chi connectivity index (χ0v) is 18.9. The van der Waals surface area contributed by atoms with E-state index in [0.29, 0.717) is 6.61 Å². The highest BCUT2D eigenvalue weighted by molar-refractivity contribution is 7.99. The summed E-state index contributed by atoms with van der Waals surface area (Å²) in [5, 5.41) is 1.04. The average molecular weight is 393 g/mol. The van der Waals surface area contributed by atoms with Crippen LogP contribution in [0.25, 0.3) is 0 Å². The number of hydrogen-bond acceptors (Lipinski definition) is 4. The summed E-state index contributed by atoms with van der Waals surface area (Å²) in [7, 11) is -1.61. The first-order valence-electron chi connectivity index (χ1n) is 9.33. The number of hydrogen-bond donors (Lipinski definition) is 1. The van der Waals surface area contributed by atoms with Crippen molar-refractivity contribution in [2.75, 3.05) is 0 Å². The summed E-state index contributed by atoms with van der Waals surface area (Å²) in [5.74, 6) is 0.867. The number of aromatic nitrogens is 2. The molecule has 0 bridgehead atoms. The molecule has 0 saturated heterocycles. The Bertz CT molecular complexity index is 705. The van der Waals surface area contributed by atoms with Crippen molar-refractivity contribution in [3.05, 3.63) is 40.8 Å². The predicted octanol–water partition coefficient (Wildman–Crippen LogP) is 5.84. The molecule has 1 atom stereocenters. The van der Waals surface area contributed by atoms with Gasteiger partial charge in [-0.05, 0) is 69.6 Å². The van der Waals surface area contributed by atoms with Crippen LogP contribution < -0.4 is 0 Å². The number of imidazole rings is 1. The zero-order chi connectivity index (χ0) is 19.3. The summed E-state index contributed by atoms with van der Waals surface area (Å²) in [4.78, 5) is 9.43. The van der Waals surface area contributed by atoms with Gasteiger partial charge in [0.25, 0.3) is 0 Å². The topological polar surface area (TPSA) is 47.1 Å². The second-order valence-corrected chi connectivity index (χ2v) is 13.1. The van der Waals surface area contributed by atoms with Crippen LogP contribution in [-0.2, 0) is 22.2 Å². The SMILES string of the molecule is CCc1[nH]c(COC(CC)O[Si](C)(C)C)nc1Sc1cc(C)cc(C)c1. The lowest BCUT2D eigenvalue weighted by Crippen LogP contribution is -2.33. The lowest BCUT2D eigenvalue weighted by Gasteiger charge is -2.25. The van der Waals surface area contributed by atoms with E-state index in [9.17, 15) is 0 Å². The third-order valence-corrected chi connectivity index (χ3v) is 5.75. The number of nitrogens with one attached hydrogen (secondary N) is 1. The van der Waals surface area contributed by atoms with Crippen molar-refractivity contribution < 1.29 is 9.16 Å². The average Bonchev–Trinajstić information content (AvgIpc) is 2.91. The smallest absolute Gasteiger partial charge is 0.187 e. The van der Waals surface area contributed by atoms with E-state index in [1.165, 1.54) is 16.0 Å². The molecule has 0 spiro atoms. The molecule has 1 N–H and O–H groups in total. The van der Waals surface area contributed by atoms with Gasteiger partial charge in [-0.15, -0.1) is 0 Å². The Morgan fingerprint density at radius 2 is 1.77 bits per heavy atom. The first kappa shape index (κ1) is 21.2. The van der Waals surface area contributed by atoms with E-state index in [4.69, 9.17) is 14.1 Å². The number of aromatic amines is 1. The molecule has 0 aliphatic carbocycles. The van der Waals surface area contributed by atoms with Crippen LogP contribution in [-0.4, -0.2) is 24.6 Å². The van der Waals surface area contributed by atoms with Crippen LogP contribution in [0.3, 0.4) is 0 Å². The number of ether oxygens (including phenoxy) is 1. The van der Waals surface area contributed by atoms with E-state index >= 15 is 0 Å². The molecule has 4 nitrogen and oxygen atoms in total. The van der Waals surface area contributed by atoms with Gasteiger partial charge in [0, 0.05) is 10.6 Å². The minimum absolute atomic E-state index is 0.160. The largest absolute Gasteiger partial charge is 0.393 e. The normalized spacial score (nSPS) is 13.2. The van der Waals surface area contributed by atoms with Crippen LogP contribution in [0.5, 0.6) is 0 Å². The number of rotatable bonds is 9. The first-order chi connectivity index (χ1) is 12.2. The Balaban J connectivity index is 2.07. The fourth-order valence-corrected chi connectivity index (χ4v) is 4.95. The molecular weight excluding hydrogens is 360 g/mol. The van der Waals surface area contributed by atoms with E-state index in [2.05, 4.69) is 70.5 Å². The summed E-state index contributed by atoms with van der Waals surface area (Å²) < 4.78 is 12.0. The molecule has 2 rings (SSSR count). The molecule has 1 aromatic heterocycles. The van der Waals surface area contributed by atoms with Crippen LogP contribution in [0, 0.1) is 13.8 Å². The van der Waals surface area contributed by atoms with E-state index < -0.39 is 8.32 Å². The maximum atomic E-state index is 6.06. The molecule has 0 saturated carbocycles. The van der Waals surface area contributed by atoms with Crippen LogP contribution in [0.1, 0.15) is 42.9 Å². The molecule has 0 amide bonds. The van der Waals surface area contributed by atoms with E-state index in [-0.39, 0.29) is 6.29 Å². The standard InChI is InChI=1S/C20H32N2O2SSi/c1-8-17-20(25-16-11-14(3)10-15(4)12-16)22-18(21-17)13-23-19(9-2)24-26(5,6)7/h10-12,19H,8-9,13H2,1-7H3,(H,21,22). The molecule has 0 aliphatic rings. The maximum Gasteiger partial charge on any atom is 0.187 e. The van der Waals surface area contributed by atoms with E-state index in [0.717, 1.165) is 29.4 Å². The van der Waals surface area contributed by atoms with Crippen molar-refractivity contribution in [2.24, 2.45) is 0 Å².